The molecule has 7 heteroatoms. The number of rotatable bonds is 8. The lowest BCUT2D eigenvalue weighted by atomic mass is 10.0. The van der Waals surface area contributed by atoms with Gasteiger partial charge >= 0.3 is 12.0 Å². The minimum Gasteiger partial charge on any atom is -0.481 e. The van der Waals surface area contributed by atoms with Crippen LogP contribution in [0.2, 0.25) is 0 Å². The first-order valence-corrected chi connectivity index (χ1v) is 6.21. The van der Waals surface area contributed by atoms with Crippen LogP contribution in [0.15, 0.2) is 16.8 Å². The molecule has 1 heterocycles. The van der Waals surface area contributed by atoms with E-state index in [9.17, 15) is 9.59 Å². The van der Waals surface area contributed by atoms with Crippen molar-refractivity contribution in [3.63, 3.8) is 0 Å². The second-order valence-corrected chi connectivity index (χ2v) is 4.41. The van der Waals surface area contributed by atoms with Crippen molar-refractivity contribution in [3.05, 3.63) is 18.0 Å². The minimum absolute atomic E-state index is 0.166. The summed E-state index contributed by atoms with van der Waals surface area (Å²) in [5, 5.41) is 17.4. The average molecular weight is 269 g/mol. The standard InChI is InChI=1S/C12H19N3O4/c1-9(2-3-11(16)17)4-6-13-12(18)14-8-10-5-7-15-19-10/h5,7,9H,2-4,6,8H2,1H3,(H,16,17)(H2,13,14,18). The Labute approximate surface area is 111 Å². The minimum atomic E-state index is -0.787. The fraction of sp³-hybridized carbons (Fsp3) is 0.583. The molecule has 0 aliphatic carbocycles. The lowest BCUT2D eigenvalue weighted by molar-refractivity contribution is -0.137. The Bertz CT molecular complexity index is 392. The van der Waals surface area contributed by atoms with Crippen LogP contribution in [-0.4, -0.2) is 28.8 Å². The first-order chi connectivity index (χ1) is 9.08. The van der Waals surface area contributed by atoms with Gasteiger partial charge in [-0.05, 0) is 18.8 Å². The predicted octanol–water partition coefficient (Wildman–Crippen LogP) is 1.36. The molecule has 1 aromatic heterocycles. The molecule has 0 aliphatic rings. The van der Waals surface area contributed by atoms with Crippen molar-refractivity contribution in [3.8, 4) is 0 Å². The Morgan fingerprint density at radius 2 is 2.21 bits per heavy atom. The zero-order valence-corrected chi connectivity index (χ0v) is 10.9. The summed E-state index contributed by atoms with van der Waals surface area (Å²) in [6.07, 6.45) is 3.05. The highest BCUT2D eigenvalue weighted by atomic mass is 16.5. The van der Waals surface area contributed by atoms with Crippen LogP contribution in [0.25, 0.3) is 0 Å². The van der Waals surface area contributed by atoms with Crippen LogP contribution in [-0.2, 0) is 11.3 Å². The first-order valence-electron chi connectivity index (χ1n) is 6.21. The first kappa shape index (κ1) is 15.0. The third-order valence-corrected chi connectivity index (χ3v) is 2.69. The average Bonchev–Trinajstić information content (AvgIpc) is 2.87. The van der Waals surface area contributed by atoms with Crippen molar-refractivity contribution in [1.82, 2.24) is 15.8 Å². The van der Waals surface area contributed by atoms with E-state index in [1.165, 1.54) is 6.20 Å². The number of nitrogens with one attached hydrogen (secondary N) is 2. The van der Waals surface area contributed by atoms with Crippen molar-refractivity contribution in [2.45, 2.75) is 32.7 Å². The summed E-state index contributed by atoms with van der Waals surface area (Å²) in [6.45, 7) is 2.78. The van der Waals surface area contributed by atoms with E-state index in [1.807, 2.05) is 6.92 Å². The Hall–Kier alpha value is -2.05. The maximum Gasteiger partial charge on any atom is 0.315 e. The SMILES string of the molecule is CC(CCNC(=O)NCc1ccno1)CCC(=O)O. The van der Waals surface area contributed by atoms with E-state index in [0.717, 1.165) is 6.42 Å². The molecule has 0 aromatic carbocycles. The van der Waals surface area contributed by atoms with E-state index in [4.69, 9.17) is 9.63 Å². The zero-order chi connectivity index (χ0) is 14.1. The predicted molar refractivity (Wildman–Crippen MR) is 67.4 cm³/mol. The van der Waals surface area contributed by atoms with Crippen molar-refractivity contribution >= 4 is 12.0 Å². The molecular formula is C12H19N3O4. The van der Waals surface area contributed by atoms with Crippen LogP contribution >= 0.6 is 0 Å². The summed E-state index contributed by atoms with van der Waals surface area (Å²) >= 11 is 0. The van der Waals surface area contributed by atoms with Crippen LogP contribution in [0.4, 0.5) is 4.79 Å². The van der Waals surface area contributed by atoms with Crippen molar-refractivity contribution in [1.29, 1.82) is 0 Å². The van der Waals surface area contributed by atoms with Gasteiger partial charge in [-0.15, -0.1) is 0 Å². The van der Waals surface area contributed by atoms with Gasteiger partial charge in [-0.3, -0.25) is 4.79 Å². The molecule has 1 aromatic rings. The quantitative estimate of drug-likeness (QED) is 0.661. The number of aliphatic carboxylic acids is 1. The molecule has 0 radical (unpaired) electrons. The maximum atomic E-state index is 11.4. The largest absolute Gasteiger partial charge is 0.481 e. The molecule has 0 aliphatic heterocycles. The maximum absolute atomic E-state index is 11.4. The summed E-state index contributed by atoms with van der Waals surface area (Å²) < 4.78 is 4.83. The van der Waals surface area contributed by atoms with Gasteiger partial charge in [0.15, 0.2) is 5.76 Å². The van der Waals surface area contributed by atoms with Gasteiger partial charge in [0, 0.05) is 19.0 Å². The van der Waals surface area contributed by atoms with Crippen molar-refractivity contribution in [2.24, 2.45) is 5.92 Å². The number of hydrogen-bond acceptors (Lipinski definition) is 4. The van der Waals surface area contributed by atoms with Crippen LogP contribution in [0.5, 0.6) is 0 Å². The number of nitrogens with zero attached hydrogens (tertiary/aromatic N) is 1. The summed E-state index contributed by atoms with van der Waals surface area (Å²) in [7, 11) is 0. The van der Waals surface area contributed by atoms with Gasteiger partial charge in [0.2, 0.25) is 0 Å². The molecule has 0 bridgehead atoms. The molecule has 1 rings (SSSR count). The molecule has 106 valence electrons. The van der Waals surface area contributed by atoms with Gasteiger partial charge in [-0.1, -0.05) is 12.1 Å². The van der Waals surface area contributed by atoms with Crippen LogP contribution in [0.1, 0.15) is 31.9 Å². The summed E-state index contributed by atoms with van der Waals surface area (Å²) in [5.41, 5.74) is 0. The number of carbonyl (C=O) groups is 2. The van der Waals surface area contributed by atoms with E-state index in [-0.39, 0.29) is 18.4 Å². The normalized spacial score (nSPS) is 11.8. The highest BCUT2D eigenvalue weighted by molar-refractivity contribution is 5.73. The molecule has 0 spiro atoms. The lowest BCUT2D eigenvalue weighted by Gasteiger charge is -2.11. The van der Waals surface area contributed by atoms with Crippen molar-refractivity contribution < 1.29 is 19.2 Å². The Balaban J connectivity index is 2.05. The van der Waals surface area contributed by atoms with Crippen molar-refractivity contribution in [2.75, 3.05) is 6.54 Å². The fourth-order valence-corrected chi connectivity index (χ4v) is 1.51. The molecule has 0 fully saturated rings. The number of urea groups is 1. The molecule has 19 heavy (non-hydrogen) atoms. The summed E-state index contributed by atoms with van der Waals surface area (Å²) in [4.78, 5) is 21.8. The van der Waals surface area contributed by atoms with Crippen LogP contribution in [0, 0.1) is 5.92 Å². The number of aromatic nitrogens is 1. The van der Waals surface area contributed by atoms with Gasteiger partial charge in [0.1, 0.15) is 0 Å². The molecule has 3 N–H and O–H groups in total. The topological polar surface area (TPSA) is 104 Å². The Morgan fingerprint density at radius 3 is 2.84 bits per heavy atom. The molecule has 1 atom stereocenters. The third kappa shape index (κ3) is 7.07. The lowest BCUT2D eigenvalue weighted by Crippen LogP contribution is -2.35. The van der Waals surface area contributed by atoms with Gasteiger partial charge in [0.25, 0.3) is 0 Å². The smallest absolute Gasteiger partial charge is 0.315 e. The molecule has 0 saturated carbocycles. The highest BCUT2D eigenvalue weighted by Crippen LogP contribution is 2.08. The highest BCUT2D eigenvalue weighted by Gasteiger charge is 2.07. The van der Waals surface area contributed by atoms with E-state index >= 15 is 0 Å². The zero-order valence-electron chi connectivity index (χ0n) is 10.9. The molecule has 1 unspecified atom stereocenters. The third-order valence-electron chi connectivity index (χ3n) is 2.69. The fourth-order valence-electron chi connectivity index (χ4n) is 1.51. The number of amides is 2. The molecular weight excluding hydrogens is 250 g/mol. The number of hydrogen-bond donors (Lipinski definition) is 3. The van der Waals surface area contributed by atoms with E-state index < -0.39 is 5.97 Å². The van der Waals surface area contributed by atoms with E-state index in [0.29, 0.717) is 25.3 Å². The van der Waals surface area contributed by atoms with E-state index in [2.05, 4.69) is 15.8 Å². The Morgan fingerprint density at radius 1 is 1.42 bits per heavy atom. The monoisotopic (exact) mass is 269 g/mol. The number of carbonyl (C=O) groups excluding carboxylic acids is 1. The number of carboxylic acids is 1. The van der Waals surface area contributed by atoms with Crippen LogP contribution in [0.3, 0.4) is 0 Å². The molecule has 0 saturated heterocycles. The second kappa shape index (κ2) is 8.12. The Kier molecular flexibility index (Phi) is 6.42. The number of carboxylic acid groups (broad SMARTS) is 1. The van der Waals surface area contributed by atoms with Gasteiger partial charge in [-0.25, -0.2) is 4.79 Å². The van der Waals surface area contributed by atoms with Gasteiger partial charge in [-0.2, -0.15) is 0 Å². The van der Waals surface area contributed by atoms with Crippen LogP contribution < -0.4 is 10.6 Å². The molecule has 7 nitrogen and oxygen atoms in total. The van der Waals surface area contributed by atoms with Gasteiger partial charge in [0.05, 0.1) is 12.7 Å². The van der Waals surface area contributed by atoms with E-state index in [1.54, 1.807) is 6.07 Å². The van der Waals surface area contributed by atoms with Gasteiger partial charge < -0.3 is 20.3 Å². The summed E-state index contributed by atoms with van der Waals surface area (Å²) in [5.74, 6) is 0.0697. The molecule has 2 amide bonds. The second-order valence-electron chi connectivity index (χ2n) is 4.41. The summed E-state index contributed by atoms with van der Waals surface area (Å²) in [6, 6.07) is 1.40.